The number of methoxy groups -OCH3 is 1. The van der Waals surface area contributed by atoms with E-state index in [1.807, 2.05) is 42.5 Å². The summed E-state index contributed by atoms with van der Waals surface area (Å²) in [7, 11) is 1.57. The van der Waals surface area contributed by atoms with E-state index in [1.54, 1.807) is 18.1 Å². The number of carbonyl (C=O) groups is 2. The predicted molar refractivity (Wildman–Crippen MR) is 108 cm³/mol. The summed E-state index contributed by atoms with van der Waals surface area (Å²) >= 11 is 0. The minimum atomic E-state index is -0.253. The van der Waals surface area contributed by atoms with Gasteiger partial charge in [0, 0.05) is 24.0 Å². The van der Waals surface area contributed by atoms with Crippen LogP contribution in [-0.4, -0.2) is 50.1 Å². The number of hydrogen-bond acceptors (Lipinski definition) is 5. The average Bonchev–Trinajstić information content (AvgIpc) is 3.12. The Morgan fingerprint density at radius 2 is 1.79 bits per heavy atom. The molecule has 0 unspecified atom stereocenters. The fourth-order valence-electron chi connectivity index (χ4n) is 3.44. The molecule has 150 valence electrons. The minimum absolute atomic E-state index is 0.120. The number of para-hydroxylation sites is 2. The van der Waals surface area contributed by atoms with E-state index in [9.17, 15) is 9.59 Å². The third-order valence-electron chi connectivity index (χ3n) is 4.90. The van der Waals surface area contributed by atoms with Gasteiger partial charge in [0.05, 0.1) is 26.7 Å². The van der Waals surface area contributed by atoms with Gasteiger partial charge < -0.3 is 24.1 Å². The lowest BCUT2D eigenvalue weighted by Crippen LogP contribution is -2.40. The summed E-state index contributed by atoms with van der Waals surface area (Å²) in [6.07, 6.45) is 0.120. The molecule has 2 amide bonds. The van der Waals surface area contributed by atoms with Crippen molar-refractivity contribution in [2.24, 2.45) is 0 Å². The average molecular weight is 394 g/mol. The highest BCUT2D eigenvalue weighted by Crippen LogP contribution is 2.32. The number of morpholine rings is 1. The zero-order chi connectivity index (χ0) is 20.2. The van der Waals surface area contributed by atoms with E-state index in [-0.39, 0.29) is 24.0 Å². The molecule has 0 spiro atoms. The zero-order valence-corrected chi connectivity index (χ0v) is 16.1. The van der Waals surface area contributed by atoms with Crippen molar-refractivity contribution in [2.75, 3.05) is 38.7 Å². The maximum absolute atomic E-state index is 13.0. The third-order valence-corrected chi connectivity index (χ3v) is 4.90. The van der Waals surface area contributed by atoms with E-state index in [4.69, 9.17) is 13.9 Å². The van der Waals surface area contributed by atoms with Crippen LogP contribution in [0.25, 0.3) is 11.0 Å². The van der Waals surface area contributed by atoms with Crippen molar-refractivity contribution in [3.63, 3.8) is 0 Å². The normalized spacial score (nSPS) is 14.0. The van der Waals surface area contributed by atoms with Gasteiger partial charge in [-0.1, -0.05) is 30.3 Å². The summed E-state index contributed by atoms with van der Waals surface area (Å²) in [5.41, 5.74) is 1.72. The molecule has 2 heterocycles. The zero-order valence-electron chi connectivity index (χ0n) is 16.1. The maximum Gasteiger partial charge on any atom is 0.291 e. The monoisotopic (exact) mass is 394 g/mol. The van der Waals surface area contributed by atoms with Gasteiger partial charge in [0.1, 0.15) is 17.0 Å². The van der Waals surface area contributed by atoms with E-state index >= 15 is 0 Å². The molecule has 1 fully saturated rings. The van der Waals surface area contributed by atoms with Crippen LogP contribution >= 0.6 is 0 Å². The Balaban J connectivity index is 1.63. The molecule has 0 bridgehead atoms. The number of carbonyl (C=O) groups excluding carboxylic acids is 2. The maximum atomic E-state index is 13.0. The van der Waals surface area contributed by atoms with Gasteiger partial charge in [0.25, 0.3) is 5.91 Å². The third kappa shape index (κ3) is 3.95. The molecule has 1 N–H and O–H groups in total. The van der Waals surface area contributed by atoms with Crippen LogP contribution < -0.4 is 10.1 Å². The smallest absolute Gasteiger partial charge is 0.291 e. The molecule has 2 aromatic carbocycles. The van der Waals surface area contributed by atoms with Gasteiger partial charge in [0.15, 0.2) is 0 Å². The van der Waals surface area contributed by atoms with Gasteiger partial charge in [-0.15, -0.1) is 0 Å². The summed E-state index contributed by atoms with van der Waals surface area (Å²) in [5, 5.41) is 3.58. The van der Waals surface area contributed by atoms with Crippen LogP contribution in [0.3, 0.4) is 0 Å². The summed E-state index contributed by atoms with van der Waals surface area (Å²) in [6, 6.07) is 14.6. The van der Waals surface area contributed by atoms with Gasteiger partial charge in [-0.05, 0) is 18.2 Å². The second-order valence-corrected chi connectivity index (χ2v) is 6.74. The number of anilines is 1. The molecule has 3 aromatic rings. The predicted octanol–water partition coefficient (Wildman–Crippen LogP) is 3.10. The first-order valence-electron chi connectivity index (χ1n) is 9.47. The van der Waals surface area contributed by atoms with Crippen LogP contribution in [0.2, 0.25) is 0 Å². The second-order valence-electron chi connectivity index (χ2n) is 6.74. The first-order valence-corrected chi connectivity index (χ1v) is 9.47. The second kappa shape index (κ2) is 8.36. The lowest BCUT2D eigenvalue weighted by Gasteiger charge is -2.26. The molecule has 1 aromatic heterocycles. The number of nitrogens with zero attached hydrogens (tertiary/aromatic N) is 1. The Morgan fingerprint density at radius 3 is 2.59 bits per heavy atom. The number of furan rings is 1. The van der Waals surface area contributed by atoms with Crippen molar-refractivity contribution >= 4 is 28.5 Å². The standard InChI is InChI=1S/C22H22N2O5/c1-27-17-8-4-2-6-15(17)14-19(25)23-20-16-7-3-5-9-18(16)29-21(20)22(26)24-10-12-28-13-11-24/h2-9H,10-14H2,1H3,(H,23,25). The number of nitrogens with one attached hydrogen (secondary N) is 1. The van der Waals surface area contributed by atoms with Crippen LogP contribution in [0.4, 0.5) is 5.69 Å². The topological polar surface area (TPSA) is 81.0 Å². The summed E-state index contributed by atoms with van der Waals surface area (Å²) in [5.74, 6) is 0.278. The SMILES string of the molecule is COc1ccccc1CC(=O)Nc1c(C(=O)N2CCOCC2)oc2ccccc12. The van der Waals surface area contributed by atoms with Crippen molar-refractivity contribution in [3.8, 4) is 5.75 Å². The molecule has 1 aliphatic rings. The highest BCUT2D eigenvalue weighted by atomic mass is 16.5. The van der Waals surface area contributed by atoms with Crippen molar-refractivity contribution in [1.82, 2.24) is 4.90 Å². The lowest BCUT2D eigenvalue weighted by molar-refractivity contribution is -0.115. The first kappa shape index (κ1) is 19.0. The van der Waals surface area contributed by atoms with Crippen LogP contribution in [0, 0.1) is 0 Å². The molecule has 7 nitrogen and oxygen atoms in total. The molecule has 29 heavy (non-hydrogen) atoms. The molecule has 0 atom stereocenters. The number of ether oxygens (including phenoxy) is 2. The van der Waals surface area contributed by atoms with Crippen LogP contribution in [-0.2, 0) is 16.0 Å². The Hall–Kier alpha value is -3.32. The quantitative estimate of drug-likeness (QED) is 0.719. The molecule has 4 rings (SSSR count). The molecule has 0 aliphatic carbocycles. The highest BCUT2D eigenvalue weighted by molar-refractivity contribution is 6.11. The Kier molecular flexibility index (Phi) is 5.48. The van der Waals surface area contributed by atoms with Crippen molar-refractivity contribution in [3.05, 3.63) is 59.9 Å². The molecule has 1 saturated heterocycles. The number of rotatable bonds is 5. The lowest BCUT2D eigenvalue weighted by atomic mass is 10.1. The van der Waals surface area contributed by atoms with E-state index in [0.717, 1.165) is 5.56 Å². The van der Waals surface area contributed by atoms with E-state index in [0.29, 0.717) is 48.7 Å². The molecule has 1 aliphatic heterocycles. The van der Waals surface area contributed by atoms with Gasteiger partial charge >= 0.3 is 0 Å². The van der Waals surface area contributed by atoms with Crippen LogP contribution in [0.15, 0.2) is 52.9 Å². The number of benzene rings is 2. The minimum Gasteiger partial charge on any atom is -0.496 e. The van der Waals surface area contributed by atoms with Crippen LogP contribution in [0.1, 0.15) is 16.1 Å². The van der Waals surface area contributed by atoms with Crippen molar-refractivity contribution in [1.29, 1.82) is 0 Å². The molecule has 7 heteroatoms. The molecule has 0 saturated carbocycles. The van der Waals surface area contributed by atoms with E-state index in [2.05, 4.69) is 5.32 Å². The van der Waals surface area contributed by atoms with Gasteiger partial charge in [0.2, 0.25) is 11.7 Å². The van der Waals surface area contributed by atoms with E-state index < -0.39 is 0 Å². The van der Waals surface area contributed by atoms with E-state index in [1.165, 1.54) is 0 Å². The van der Waals surface area contributed by atoms with Crippen molar-refractivity contribution < 1.29 is 23.5 Å². The largest absolute Gasteiger partial charge is 0.496 e. The fraction of sp³-hybridized carbons (Fsp3) is 0.273. The van der Waals surface area contributed by atoms with Gasteiger partial charge in [-0.25, -0.2) is 0 Å². The molecule has 0 radical (unpaired) electrons. The Bertz CT molecular complexity index is 1040. The molecular formula is C22H22N2O5. The van der Waals surface area contributed by atoms with Gasteiger partial charge in [-0.3, -0.25) is 9.59 Å². The first-order chi connectivity index (χ1) is 14.2. The number of hydrogen-bond donors (Lipinski definition) is 1. The number of amides is 2. The summed E-state index contributed by atoms with van der Waals surface area (Å²) in [6.45, 7) is 1.96. The Morgan fingerprint density at radius 1 is 1.07 bits per heavy atom. The highest BCUT2D eigenvalue weighted by Gasteiger charge is 2.27. The number of fused-ring (bicyclic) bond motifs is 1. The fourth-order valence-corrected chi connectivity index (χ4v) is 3.44. The van der Waals surface area contributed by atoms with Crippen molar-refractivity contribution in [2.45, 2.75) is 6.42 Å². The van der Waals surface area contributed by atoms with Gasteiger partial charge in [-0.2, -0.15) is 0 Å². The molecular weight excluding hydrogens is 372 g/mol. The summed E-state index contributed by atoms with van der Waals surface area (Å²) < 4.78 is 16.5. The van der Waals surface area contributed by atoms with Crippen LogP contribution in [0.5, 0.6) is 5.75 Å². The Labute approximate surface area is 168 Å². The summed E-state index contributed by atoms with van der Waals surface area (Å²) in [4.78, 5) is 27.5.